The van der Waals surface area contributed by atoms with Gasteiger partial charge in [0.1, 0.15) is 0 Å². The Morgan fingerprint density at radius 2 is 2.11 bits per heavy atom. The van der Waals surface area contributed by atoms with Gasteiger partial charge in [0.15, 0.2) is 6.04 Å². The van der Waals surface area contributed by atoms with Crippen LogP contribution in [0.1, 0.15) is 25.7 Å². The molecular weight excluding hydrogens is 246 g/mol. The fraction of sp³-hybridized carbons (Fsp3) is 0.857. The predicted molar refractivity (Wildman–Crippen MR) is 67.3 cm³/mol. The summed E-state index contributed by atoms with van der Waals surface area (Å²) in [6, 6.07) is -0.551. The normalized spacial score (nSPS) is 37.4. The molecule has 106 valence electrons. The quantitative estimate of drug-likeness (QED) is 0.695. The number of morpholine rings is 1. The molecule has 5 heteroatoms. The smallest absolute Gasteiger partial charge is 0.331 e. The number of rotatable bonds is 2. The Balaban J connectivity index is 1.72. The van der Waals surface area contributed by atoms with E-state index in [4.69, 9.17) is 9.47 Å². The minimum atomic E-state index is -0.551. The molecule has 3 aliphatic rings. The monoisotopic (exact) mass is 267 g/mol. The molecule has 0 radical (unpaired) electrons. The molecule has 0 N–H and O–H groups in total. The zero-order valence-corrected chi connectivity index (χ0v) is 11.3. The molecule has 0 aromatic carbocycles. The van der Waals surface area contributed by atoms with Crippen LogP contribution in [0, 0.1) is 17.8 Å². The SMILES string of the molecule is COC(=O)C1COCCN1C(=O)C1CC2CCC1C2. The zero-order chi connectivity index (χ0) is 13.4. The maximum Gasteiger partial charge on any atom is 0.331 e. The van der Waals surface area contributed by atoms with Gasteiger partial charge in [0.05, 0.1) is 20.3 Å². The van der Waals surface area contributed by atoms with E-state index in [1.807, 2.05) is 0 Å². The van der Waals surface area contributed by atoms with Crippen molar-refractivity contribution in [1.29, 1.82) is 0 Å². The molecule has 0 spiro atoms. The van der Waals surface area contributed by atoms with E-state index in [-0.39, 0.29) is 24.4 Å². The minimum absolute atomic E-state index is 0.129. The van der Waals surface area contributed by atoms with Crippen LogP contribution in [0.3, 0.4) is 0 Å². The Morgan fingerprint density at radius 3 is 2.74 bits per heavy atom. The molecule has 4 unspecified atom stereocenters. The van der Waals surface area contributed by atoms with Gasteiger partial charge in [-0.1, -0.05) is 6.42 Å². The molecule has 2 saturated carbocycles. The second-order valence-corrected chi connectivity index (χ2v) is 5.93. The molecule has 0 aromatic rings. The third kappa shape index (κ3) is 2.24. The maximum atomic E-state index is 12.7. The van der Waals surface area contributed by atoms with E-state index < -0.39 is 6.04 Å². The molecule has 4 atom stereocenters. The number of hydrogen-bond donors (Lipinski definition) is 0. The second kappa shape index (κ2) is 5.12. The van der Waals surface area contributed by atoms with Crippen molar-refractivity contribution in [2.24, 2.45) is 17.8 Å². The summed E-state index contributed by atoms with van der Waals surface area (Å²) < 4.78 is 10.1. The van der Waals surface area contributed by atoms with Gasteiger partial charge in [-0.05, 0) is 31.1 Å². The molecule has 3 rings (SSSR count). The number of methoxy groups -OCH3 is 1. The van der Waals surface area contributed by atoms with Crippen molar-refractivity contribution in [1.82, 2.24) is 4.90 Å². The highest BCUT2D eigenvalue weighted by atomic mass is 16.5. The van der Waals surface area contributed by atoms with Gasteiger partial charge >= 0.3 is 5.97 Å². The Morgan fingerprint density at radius 1 is 1.26 bits per heavy atom. The molecule has 19 heavy (non-hydrogen) atoms. The topological polar surface area (TPSA) is 55.8 Å². The summed E-state index contributed by atoms with van der Waals surface area (Å²) in [7, 11) is 1.36. The molecule has 2 aliphatic carbocycles. The van der Waals surface area contributed by atoms with Crippen molar-refractivity contribution < 1.29 is 19.1 Å². The van der Waals surface area contributed by atoms with E-state index in [0.717, 1.165) is 12.3 Å². The second-order valence-electron chi connectivity index (χ2n) is 5.93. The third-order valence-electron chi connectivity index (χ3n) is 4.94. The van der Waals surface area contributed by atoms with E-state index in [2.05, 4.69) is 0 Å². The molecule has 1 saturated heterocycles. The first kappa shape index (κ1) is 12.9. The lowest BCUT2D eigenvalue weighted by Crippen LogP contribution is -2.55. The summed E-state index contributed by atoms with van der Waals surface area (Å²) in [6.07, 6.45) is 4.66. The summed E-state index contributed by atoms with van der Waals surface area (Å²) in [5.74, 6) is 1.18. The number of esters is 1. The van der Waals surface area contributed by atoms with Gasteiger partial charge in [-0.15, -0.1) is 0 Å². The minimum Gasteiger partial charge on any atom is -0.467 e. The Hall–Kier alpha value is -1.10. The van der Waals surface area contributed by atoms with E-state index >= 15 is 0 Å². The van der Waals surface area contributed by atoms with Crippen molar-refractivity contribution in [2.75, 3.05) is 26.9 Å². The van der Waals surface area contributed by atoms with Gasteiger partial charge in [0, 0.05) is 12.5 Å². The lowest BCUT2D eigenvalue weighted by Gasteiger charge is -2.36. The standard InChI is InChI=1S/C14H21NO4/c1-18-14(17)12-8-19-5-4-15(12)13(16)11-7-9-2-3-10(11)6-9/h9-12H,2-8H2,1H3. The number of amides is 1. The van der Waals surface area contributed by atoms with Gasteiger partial charge in [-0.3, -0.25) is 4.79 Å². The summed E-state index contributed by atoms with van der Waals surface area (Å²) in [5, 5.41) is 0. The van der Waals surface area contributed by atoms with Crippen molar-refractivity contribution in [2.45, 2.75) is 31.7 Å². The van der Waals surface area contributed by atoms with Gasteiger partial charge in [-0.2, -0.15) is 0 Å². The number of carbonyl (C=O) groups is 2. The van der Waals surface area contributed by atoms with Crippen molar-refractivity contribution in [3.05, 3.63) is 0 Å². The Labute approximate surface area is 113 Å². The molecule has 1 heterocycles. The highest BCUT2D eigenvalue weighted by Gasteiger charge is 2.46. The predicted octanol–water partition coefficient (Wildman–Crippen LogP) is 0.823. The van der Waals surface area contributed by atoms with E-state index in [9.17, 15) is 9.59 Å². The van der Waals surface area contributed by atoms with Crippen LogP contribution in [-0.2, 0) is 19.1 Å². The summed E-state index contributed by atoms with van der Waals surface area (Å²) in [5.41, 5.74) is 0. The van der Waals surface area contributed by atoms with Crippen LogP contribution < -0.4 is 0 Å². The largest absolute Gasteiger partial charge is 0.467 e. The van der Waals surface area contributed by atoms with Crippen molar-refractivity contribution in [3.8, 4) is 0 Å². The van der Waals surface area contributed by atoms with Crippen LogP contribution in [-0.4, -0.2) is 49.7 Å². The van der Waals surface area contributed by atoms with E-state index in [1.54, 1.807) is 4.90 Å². The van der Waals surface area contributed by atoms with Crippen molar-refractivity contribution >= 4 is 11.9 Å². The summed E-state index contributed by atoms with van der Waals surface area (Å²) in [4.78, 5) is 26.1. The molecule has 0 aromatic heterocycles. The van der Waals surface area contributed by atoms with E-state index in [0.29, 0.717) is 19.1 Å². The summed E-state index contributed by atoms with van der Waals surface area (Å²) in [6.45, 7) is 1.28. The lowest BCUT2D eigenvalue weighted by atomic mass is 9.87. The molecule has 3 fully saturated rings. The average molecular weight is 267 g/mol. The number of nitrogens with zero attached hydrogens (tertiary/aromatic N) is 1. The lowest BCUT2D eigenvalue weighted by molar-refractivity contribution is -0.163. The average Bonchev–Trinajstić information content (AvgIpc) is 3.08. The van der Waals surface area contributed by atoms with Crippen LogP contribution in [0.15, 0.2) is 0 Å². The fourth-order valence-electron chi connectivity index (χ4n) is 3.96. The van der Waals surface area contributed by atoms with Gasteiger partial charge < -0.3 is 14.4 Å². The fourth-order valence-corrected chi connectivity index (χ4v) is 3.96. The third-order valence-corrected chi connectivity index (χ3v) is 4.94. The van der Waals surface area contributed by atoms with E-state index in [1.165, 1.54) is 26.4 Å². The summed E-state index contributed by atoms with van der Waals surface area (Å²) >= 11 is 0. The maximum absolute atomic E-state index is 12.7. The highest BCUT2D eigenvalue weighted by Crippen LogP contribution is 2.49. The number of hydrogen-bond acceptors (Lipinski definition) is 4. The molecule has 1 amide bonds. The molecule has 1 aliphatic heterocycles. The van der Waals surface area contributed by atoms with Crippen LogP contribution in [0.4, 0.5) is 0 Å². The molecule has 2 bridgehead atoms. The van der Waals surface area contributed by atoms with Gasteiger partial charge in [0.2, 0.25) is 5.91 Å². The van der Waals surface area contributed by atoms with Crippen molar-refractivity contribution in [3.63, 3.8) is 0 Å². The molecule has 5 nitrogen and oxygen atoms in total. The van der Waals surface area contributed by atoms with Crippen LogP contribution in [0.5, 0.6) is 0 Å². The first-order valence-electron chi connectivity index (χ1n) is 7.16. The van der Waals surface area contributed by atoms with Gasteiger partial charge in [0.25, 0.3) is 0 Å². The van der Waals surface area contributed by atoms with Crippen LogP contribution in [0.25, 0.3) is 0 Å². The Kier molecular flexibility index (Phi) is 3.48. The van der Waals surface area contributed by atoms with Gasteiger partial charge in [-0.25, -0.2) is 4.79 Å². The molecular formula is C14H21NO4. The number of fused-ring (bicyclic) bond motifs is 2. The number of ether oxygens (including phenoxy) is 2. The number of carbonyl (C=O) groups excluding carboxylic acids is 2. The zero-order valence-electron chi connectivity index (χ0n) is 11.3. The first-order valence-corrected chi connectivity index (χ1v) is 7.16. The van der Waals surface area contributed by atoms with Crippen LogP contribution in [0.2, 0.25) is 0 Å². The Bertz CT molecular complexity index is 384. The first-order chi connectivity index (χ1) is 9.20. The highest BCUT2D eigenvalue weighted by molar-refractivity contribution is 5.86. The van der Waals surface area contributed by atoms with Crippen LogP contribution >= 0.6 is 0 Å².